The highest BCUT2D eigenvalue weighted by Crippen LogP contribution is 2.27. The second-order valence-corrected chi connectivity index (χ2v) is 7.47. The van der Waals surface area contributed by atoms with Crippen LogP contribution in [0.2, 0.25) is 0 Å². The van der Waals surface area contributed by atoms with E-state index in [0.717, 1.165) is 45.4 Å². The van der Waals surface area contributed by atoms with Crippen LogP contribution in [0.25, 0.3) is 0 Å². The Morgan fingerprint density at radius 2 is 2.15 bits per heavy atom. The molecule has 1 aromatic carbocycles. The Kier molecular flexibility index (Phi) is 4.68. The monoisotopic (exact) mass is 353 g/mol. The number of nitrogens with zero attached hydrogens (tertiary/aromatic N) is 4. The lowest BCUT2D eigenvalue weighted by atomic mass is 10.0. The van der Waals surface area contributed by atoms with E-state index < -0.39 is 0 Å². The van der Waals surface area contributed by atoms with Gasteiger partial charge in [0.1, 0.15) is 0 Å². The molecule has 0 radical (unpaired) electrons. The predicted molar refractivity (Wildman–Crippen MR) is 105 cm³/mol. The average molecular weight is 353 g/mol. The summed E-state index contributed by atoms with van der Waals surface area (Å²) in [5.74, 6) is 0.571. The van der Waals surface area contributed by atoms with E-state index in [2.05, 4.69) is 45.3 Å². The van der Waals surface area contributed by atoms with Crippen LogP contribution in [0.4, 0.5) is 11.5 Å². The quantitative estimate of drug-likeness (QED) is 0.903. The highest BCUT2D eigenvalue weighted by molar-refractivity contribution is 5.58. The standard InChI is InChI=1S/C20H27N5O/c1-23-10-7-16-12-15(5-6-18(16)23)13-22-17-4-3-9-25(14-17)19-20(26)24(2)11-8-21-19/h5-6,8,11-12,17,22H,3-4,7,9-10,13-14H2,1-2H3. The van der Waals surface area contributed by atoms with Gasteiger partial charge in [-0.05, 0) is 36.5 Å². The summed E-state index contributed by atoms with van der Waals surface area (Å²) in [6, 6.07) is 7.18. The molecule has 1 unspecified atom stereocenters. The summed E-state index contributed by atoms with van der Waals surface area (Å²) in [7, 11) is 3.93. The smallest absolute Gasteiger partial charge is 0.293 e. The Labute approximate surface area is 154 Å². The summed E-state index contributed by atoms with van der Waals surface area (Å²) in [6.07, 6.45) is 6.76. The molecule has 0 saturated carbocycles. The molecule has 0 amide bonds. The van der Waals surface area contributed by atoms with Gasteiger partial charge in [0.05, 0.1) is 0 Å². The first-order valence-electron chi connectivity index (χ1n) is 9.45. The summed E-state index contributed by atoms with van der Waals surface area (Å²) in [5, 5.41) is 3.68. The van der Waals surface area contributed by atoms with Crippen molar-refractivity contribution >= 4 is 11.5 Å². The van der Waals surface area contributed by atoms with E-state index in [1.54, 1.807) is 24.0 Å². The molecule has 2 aliphatic heterocycles. The largest absolute Gasteiger partial charge is 0.374 e. The molecule has 1 atom stereocenters. The van der Waals surface area contributed by atoms with E-state index in [0.29, 0.717) is 11.9 Å². The normalized spacial score (nSPS) is 19.7. The third kappa shape index (κ3) is 3.33. The number of aromatic nitrogens is 2. The van der Waals surface area contributed by atoms with Crippen molar-refractivity contribution in [2.75, 3.05) is 36.5 Å². The number of nitrogens with one attached hydrogen (secondary N) is 1. The van der Waals surface area contributed by atoms with Gasteiger partial charge < -0.3 is 19.7 Å². The maximum atomic E-state index is 12.3. The second-order valence-electron chi connectivity index (χ2n) is 7.47. The Bertz CT molecular complexity index is 846. The van der Waals surface area contributed by atoms with Gasteiger partial charge in [-0.1, -0.05) is 12.1 Å². The number of benzene rings is 1. The maximum absolute atomic E-state index is 12.3. The van der Waals surface area contributed by atoms with Gasteiger partial charge in [-0.3, -0.25) is 4.79 Å². The molecule has 4 rings (SSSR count). The number of hydrogen-bond acceptors (Lipinski definition) is 5. The van der Waals surface area contributed by atoms with Gasteiger partial charge in [0.2, 0.25) is 0 Å². The molecule has 2 aromatic rings. The Balaban J connectivity index is 1.40. The Morgan fingerprint density at radius 3 is 3.04 bits per heavy atom. The molecule has 2 aliphatic rings. The van der Waals surface area contributed by atoms with Crippen LogP contribution in [0.15, 0.2) is 35.4 Å². The van der Waals surface area contributed by atoms with Crippen molar-refractivity contribution < 1.29 is 0 Å². The third-order valence-corrected chi connectivity index (χ3v) is 5.59. The number of anilines is 2. The lowest BCUT2D eigenvalue weighted by molar-refractivity contribution is 0.419. The maximum Gasteiger partial charge on any atom is 0.293 e. The fourth-order valence-corrected chi connectivity index (χ4v) is 4.03. The zero-order chi connectivity index (χ0) is 18.1. The lowest BCUT2D eigenvalue weighted by Gasteiger charge is -2.33. The number of aryl methyl sites for hydroxylation is 1. The van der Waals surface area contributed by atoms with E-state index in [-0.39, 0.29) is 5.56 Å². The molecule has 0 spiro atoms. The molecule has 6 nitrogen and oxygen atoms in total. The first kappa shape index (κ1) is 17.1. The average Bonchev–Trinajstić information content (AvgIpc) is 3.03. The number of rotatable bonds is 4. The van der Waals surface area contributed by atoms with E-state index >= 15 is 0 Å². The minimum Gasteiger partial charge on any atom is -0.374 e. The van der Waals surface area contributed by atoms with E-state index in [1.807, 2.05) is 0 Å². The van der Waals surface area contributed by atoms with Crippen molar-refractivity contribution in [1.82, 2.24) is 14.9 Å². The summed E-state index contributed by atoms with van der Waals surface area (Å²) < 4.78 is 1.60. The zero-order valence-corrected chi connectivity index (χ0v) is 15.6. The molecule has 1 fully saturated rings. The molecular formula is C20H27N5O. The van der Waals surface area contributed by atoms with E-state index in [1.165, 1.54) is 16.8 Å². The molecule has 1 N–H and O–H groups in total. The van der Waals surface area contributed by atoms with Gasteiger partial charge in [-0.15, -0.1) is 0 Å². The number of hydrogen-bond donors (Lipinski definition) is 1. The SMILES string of the molecule is CN1CCc2cc(CNC3CCCN(c4nccn(C)c4=O)C3)ccc21. The van der Waals surface area contributed by atoms with Crippen LogP contribution in [-0.4, -0.2) is 42.3 Å². The summed E-state index contributed by atoms with van der Waals surface area (Å²) in [6.45, 7) is 3.72. The fourth-order valence-electron chi connectivity index (χ4n) is 4.03. The Hall–Kier alpha value is -2.34. The summed E-state index contributed by atoms with van der Waals surface area (Å²) in [5.41, 5.74) is 4.14. The molecule has 0 bridgehead atoms. The molecule has 26 heavy (non-hydrogen) atoms. The van der Waals surface area contributed by atoms with Crippen LogP contribution in [-0.2, 0) is 20.0 Å². The fraction of sp³-hybridized carbons (Fsp3) is 0.500. The first-order chi connectivity index (χ1) is 12.6. The predicted octanol–water partition coefficient (Wildman–Crippen LogP) is 1.53. The minimum atomic E-state index is -0.0177. The Morgan fingerprint density at radius 1 is 1.27 bits per heavy atom. The topological polar surface area (TPSA) is 53.4 Å². The van der Waals surface area contributed by atoms with Gasteiger partial charge in [-0.2, -0.15) is 0 Å². The van der Waals surface area contributed by atoms with Crippen LogP contribution in [0, 0.1) is 0 Å². The number of piperidine rings is 1. The van der Waals surface area contributed by atoms with Crippen molar-refractivity contribution in [1.29, 1.82) is 0 Å². The van der Waals surface area contributed by atoms with Gasteiger partial charge in [0.15, 0.2) is 5.82 Å². The van der Waals surface area contributed by atoms with Gasteiger partial charge >= 0.3 is 0 Å². The molecule has 1 saturated heterocycles. The molecule has 138 valence electrons. The van der Waals surface area contributed by atoms with Crippen molar-refractivity contribution in [3.8, 4) is 0 Å². The van der Waals surface area contributed by atoms with Gasteiger partial charge in [0, 0.05) is 64.4 Å². The molecular weight excluding hydrogens is 326 g/mol. The van der Waals surface area contributed by atoms with Crippen LogP contribution in [0.1, 0.15) is 24.0 Å². The molecule has 1 aromatic heterocycles. The zero-order valence-electron chi connectivity index (χ0n) is 15.6. The highest BCUT2D eigenvalue weighted by Gasteiger charge is 2.23. The number of fused-ring (bicyclic) bond motifs is 1. The van der Waals surface area contributed by atoms with Crippen LogP contribution in [0.5, 0.6) is 0 Å². The third-order valence-electron chi connectivity index (χ3n) is 5.59. The van der Waals surface area contributed by atoms with Gasteiger partial charge in [-0.25, -0.2) is 4.98 Å². The summed E-state index contributed by atoms with van der Waals surface area (Å²) >= 11 is 0. The van der Waals surface area contributed by atoms with Gasteiger partial charge in [0.25, 0.3) is 5.56 Å². The number of likely N-dealkylation sites (N-methyl/N-ethyl adjacent to an activating group) is 1. The van der Waals surface area contributed by atoms with E-state index in [9.17, 15) is 4.79 Å². The molecule has 6 heteroatoms. The van der Waals surface area contributed by atoms with Crippen molar-refractivity contribution in [2.45, 2.75) is 31.8 Å². The van der Waals surface area contributed by atoms with E-state index in [4.69, 9.17) is 0 Å². The van der Waals surface area contributed by atoms with Crippen LogP contribution >= 0.6 is 0 Å². The molecule has 0 aliphatic carbocycles. The van der Waals surface area contributed by atoms with Crippen LogP contribution < -0.4 is 20.7 Å². The van der Waals surface area contributed by atoms with Crippen molar-refractivity contribution in [3.63, 3.8) is 0 Å². The minimum absolute atomic E-state index is 0.0177. The lowest BCUT2D eigenvalue weighted by Crippen LogP contribution is -2.47. The highest BCUT2D eigenvalue weighted by atomic mass is 16.1. The van der Waals surface area contributed by atoms with Crippen molar-refractivity contribution in [3.05, 3.63) is 52.1 Å². The van der Waals surface area contributed by atoms with Crippen LogP contribution in [0.3, 0.4) is 0 Å². The first-order valence-corrected chi connectivity index (χ1v) is 9.45. The molecule has 3 heterocycles. The second kappa shape index (κ2) is 7.11. The summed E-state index contributed by atoms with van der Waals surface area (Å²) in [4.78, 5) is 21.1. The van der Waals surface area contributed by atoms with Crippen molar-refractivity contribution in [2.24, 2.45) is 7.05 Å².